The molecule has 0 spiro atoms. The van der Waals surface area contributed by atoms with E-state index in [-0.39, 0.29) is 0 Å². The topological polar surface area (TPSA) is 133 Å². The van der Waals surface area contributed by atoms with Crippen molar-refractivity contribution >= 4 is 5.78 Å². The van der Waals surface area contributed by atoms with Gasteiger partial charge in [0.15, 0.2) is 5.78 Å². The molecule has 0 radical (unpaired) electrons. The minimum Gasteiger partial charge on any atom is -0.496 e. The highest BCUT2D eigenvalue weighted by molar-refractivity contribution is 5.99. The van der Waals surface area contributed by atoms with Crippen LogP contribution in [-0.2, 0) is 15.9 Å². The molecule has 0 N–H and O–H groups in total. The highest BCUT2D eigenvalue weighted by Crippen LogP contribution is 2.43. The average molecular weight is 380 g/mol. The van der Waals surface area contributed by atoms with Crippen LogP contribution in [0.25, 0.3) is 20.9 Å². The zero-order chi connectivity index (χ0) is 20.8. The second-order valence-electron chi connectivity index (χ2n) is 6.25. The summed E-state index contributed by atoms with van der Waals surface area (Å²) in [5, 5.41) is 7.58. The van der Waals surface area contributed by atoms with Crippen molar-refractivity contribution in [3.05, 3.63) is 80.5 Å². The molecule has 28 heavy (non-hydrogen) atoms. The first-order valence-corrected chi connectivity index (χ1v) is 8.33. The van der Waals surface area contributed by atoms with Gasteiger partial charge in [-0.3, -0.25) is 4.79 Å². The van der Waals surface area contributed by atoms with Crippen LogP contribution in [0.1, 0.15) is 25.0 Å². The van der Waals surface area contributed by atoms with Crippen LogP contribution >= 0.6 is 0 Å². The minimum absolute atomic E-state index is 0.356. The maximum absolute atomic E-state index is 13.8. The summed E-state index contributed by atoms with van der Waals surface area (Å²) < 4.78 is 10.7. The molecule has 2 unspecified atom stereocenters. The summed E-state index contributed by atoms with van der Waals surface area (Å²) in [6.07, 6.45) is 0. The molecule has 9 nitrogen and oxygen atoms in total. The maximum atomic E-state index is 13.8. The van der Waals surface area contributed by atoms with Gasteiger partial charge >= 0.3 is 0 Å². The molecule has 0 heterocycles. The molecule has 0 aliphatic carbocycles. The summed E-state index contributed by atoms with van der Waals surface area (Å²) >= 11 is 0. The highest BCUT2D eigenvalue weighted by Gasteiger charge is 2.48. The third-order valence-corrected chi connectivity index (χ3v) is 4.64. The lowest BCUT2D eigenvalue weighted by atomic mass is 9.75. The number of methoxy groups -OCH3 is 2. The average Bonchev–Trinajstić information content (AvgIpc) is 2.73. The van der Waals surface area contributed by atoms with Crippen molar-refractivity contribution < 1.29 is 14.3 Å². The van der Waals surface area contributed by atoms with Crippen molar-refractivity contribution in [2.24, 2.45) is 10.2 Å². The quantitative estimate of drug-likeness (QED) is 0.361. The van der Waals surface area contributed by atoms with Crippen molar-refractivity contribution in [1.82, 2.24) is 0 Å². The zero-order valence-electron chi connectivity index (χ0n) is 16.0. The second kappa shape index (κ2) is 8.35. The Bertz CT molecular complexity index is 904. The molecule has 0 bridgehead atoms. The van der Waals surface area contributed by atoms with E-state index < -0.39 is 16.9 Å². The molecule has 0 amide bonds. The van der Waals surface area contributed by atoms with Gasteiger partial charge in [-0.1, -0.05) is 46.6 Å². The zero-order valence-corrected chi connectivity index (χ0v) is 16.0. The molecule has 144 valence electrons. The van der Waals surface area contributed by atoms with Gasteiger partial charge in [-0.25, -0.2) is 0 Å². The summed E-state index contributed by atoms with van der Waals surface area (Å²) in [5.74, 6) is 0.118. The fourth-order valence-corrected chi connectivity index (χ4v) is 3.19. The van der Waals surface area contributed by atoms with Crippen LogP contribution < -0.4 is 9.47 Å². The number of Topliss-reactive ketones (excluding diaryl/α,β-unsaturated/α-hetero) is 1. The largest absolute Gasteiger partial charge is 0.496 e. The first-order chi connectivity index (χ1) is 13.4. The lowest BCUT2D eigenvalue weighted by Crippen LogP contribution is -2.44. The number of rotatable bonds is 8. The summed E-state index contributed by atoms with van der Waals surface area (Å²) in [6, 6.07) is 13.4. The van der Waals surface area contributed by atoms with Crippen molar-refractivity contribution in [3.8, 4) is 11.5 Å². The van der Waals surface area contributed by atoms with Crippen LogP contribution in [0.4, 0.5) is 0 Å². The van der Waals surface area contributed by atoms with Gasteiger partial charge < -0.3 is 9.47 Å². The number of nitrogens with zero attached hydrogens (tertiary/aromatic N) is 6. The third-order valence-electron chi connectivity index (χ3n) is 4.64. The fraction of sp³-hybridized carbons (Fsp3) is 0.316. The fourth-order valence-electron chi connectivity index (χ4n) is 3.19. The van der Waals surface area contributed by atoms with Crippen LogP contribution in [0, 0.1) is 0 Å². The molecule has 0 saturated heterocycles. The van der Waals surface area contributed by atoms with Crippen molar-refractivity contribution in [1.29, 1.82) is 0 Å². The number of para-hydroxylation sites is 2. The van der Waals surface area contributed by atoms with Gasteiger partial charge in [0.25, 0.3) is 0 Å². The molecule has 2 rings (SSSR count). The molecule has 0 saturated carbocycles. The monoisotopic (exact) mass is 380 g/mol. The number of carbonyl (C=O) groups is 1. The van der Waals surface area contributed by atoms with Crippen molar-refractivity contribution in [2.75, 3.05) is 14.2 Å². The summed E-state index contributed by atoms with van der Waals surface area (Å²) in [6.45, 7) is 2.93. The molecular formula is C19H20N6O3. The van der Waals surface area contributed by atoms with Crippen LogP contribution in [-0.4, -0.2) is 20.0 Å². The van der Waals surface area contributed by atoms with E-state index in [1.54, 1.807) is 48.5 Å². The van der Waals surface area contributed by atoms with Crippen LogP contribution in [0.5, 0.6) is 11.5 Å². The Morgan fingerprint density at radius 1 is 0.821 bits per heavy atom. The maximum Gasteiger partial charge on any atom is 0.165 e. The highest BCUT2D eigenvalue weighted by atomic mass is 16.5. The van der Waals surface area contributed by atoms with E-state index in [9.17, 15) is 15.9 Å². The Hall–Kier alpha value is -3.67. The number of ketones is 1. The van der Waals surface area contributed by atoms with Gasteiger partial charge in [0.05, 0.1) is 14.2 Å². The van der Waals surface area contributed by atoms with Crippen LogP contribution in [0.2, 0.25) is 0 Å². The van der Waals surface area contributed by atoms with Gasteiger partial charge in [0.1, 0.15) is 22.6 Å². The van der Waals surface area contributed by atoms with Gasteiger partial charge in [-0.15, -0.1) is 0 Å². The van der Waals surface area contributed by atoms with E-state index in [0.29, 0.717) is 22.6 Å². The smallest absolute Gasteiger partial charge is 0.165 e. The summed E-state index contributed by atoms with van der Waals surface area (Å²) in [5.41, 5.74) is 15.7. The molecule has 0 aliphatic rings. The molecule has 0 fully saturated rings. The van der Waals surface area contributed by atoms with E-state index >= 15 is 0 Å². The van der Waals surface area contributed by atoms with Crippen LogP contribution in [0.15, 0.2) is 58.8 Å². The van der Waals surface area contributed by atoms with Crippen molar-refractivity contribution in [3.63, 3.8) is 0 Å². The first-order valence-electron chi connectivity index (χ1n) is 8.33. The van der Waals surface area contributed by atoms with E-state index in [4.69, 9.17) is 9.47 Å². The minimum atomic E-state index is -1.70. The van der Waals surface area contributed by atoms with Gasteiger partial charge in [-0.05, 0) is 37.0 Å². The van der Waals surface area contributed by atoms with Crippen molar-refractivity contribution in [2.45, 2.75) is 24.9 Å². The molecule has 0 aromatic heterocycles. The van der Waals surface area contributed by atoms with E-state index in [1.807, 2.05) is 0 Å². The van der Waals surface area contributed by atoms with Crippen LogP contribution in [0.3, 0.4) is 0 Å². The van der Waals surface area contributed by atoms with Gasteiger partial charge in [-0.2, -0.15) is 0 Å². The molecule has 9 heteroatoms. The van der Waals surface area contributed by atoms with E-state index in [1.165, 1.54) is 28.1 Å². The SMILES string of the molecule is COc1ccccc1C(C)(N=[N+]=[N-])C(=O)C(C)(N=[N+]=[N-])c1ccccc1OC. The van der Waals surface area contributed by atoms with Gasteiger partial charge in [0.2, 0.25) is 0 Å². The molecular weight excluding hydrogens is 360 g/mol. The third kappa shape index (κ3) is 3.44. The number of azide groups is 2. The predicted molar refractivity (Wildman–Crippen MR) is 104 cm³/mol. The summed E-state index contributed by atoms with van der Waals surface area (Å²) in [7, 11) is 2.90. The Morgan fingerprint density at radius 3 is 1.50 bits per heavy atom. The molecule has 2 aromatic carbocycles. The lowest BCUT2D eigenvalue weighted by Gasteiger charge is -2.34. The second-order valence-corrected chi connectivity index (χ2v) is 6.25. The Kier molecular flexibility index (Phi) is 6.15. The number of carbonyl (C=O) groups excluding carboxylic acids is 1. The normalized spacial score (nSPS) is 14.4. The molecule has 0 aliphatic heterocycles. The predicted octanol–water partition coefficient (Wildman–Crippen LogP) is 5.02. The number of hydrogen-bond donors (Lipinski definition) is 0. The van der Waals surface area contributed by atoms with E-state index in [2.05, 4.69) is 20.1 Å². The molecule has 2 aromatic rings. The molecule has 2 atom stereocenters. The van der Waals surface area contributed by atoms with E-state index in [0.717, 1.165) is 0 Å². The lowest BCUT2D eigenvalue weighted by molar-refractivity contribution is -0.129. The number of ether oxygens (including phenoxy) is 2. The first kappa shape index (κ1) is 20.6. The Morgan fingerprint density at radius 2 is 1.18 bits per heavy atom. The Labute approximate surface area is 162 Å². The number of hydrogen-bond acceptors (Lipinski definition) is 5. The standard InChI is InChI=1S/C19H20N6O3/c1-18(22-24-20,13-9-5-7-11-15(13)27-3)17(26)19(2,23-25-21)14-10-6-8-12-16(14)28-4/h5-12H,1-4H3. The Balaban J connectivity index is 2.80. The summed E-state index contributed by atoms with van der Waals surface area (Å²) in [4.78, 5) is 19.5. The number of benzene rings is 2. The van der Waals surface area contributed by atoms with Gasteiger partial charge in [0, 0.05) is 21.0 Å².